The summed E-state index contributed by atoms with van der Waals surface area (Å²) in [6.45, 7) is 9.69. The van der Waals surface area contributed by atoms with Gasteiger partial charge in [-0.1, -0.05) is 6.92 Å². The third-order valence-electron chi connectivity index (χ3n) is 2.32. The molecule has 1 aromatic heterocycles. The van der Waals surface area contributed by atoms with Crippen molar-refractivity contribution in [2.45, 2.75) is 58.9 Å². The minimum Gasteiger partial charge on any atom is -0.446 e. The second-order valence-electron chi connectivity index (χ2n) is 5.25. The molecule has 0 radical (unpaired) electrons. The van der Waals surface area contributed by atoms with E-state index in [1.165, 1.54) is 0 Å². The molecule has 0 aliphatic carbocycles. The smallest absolute Gasteiger partial charge is 0.194 e. The maximum Gasteiger partial charge on any atom is 0.194 e. The monoisotopic (exact) mass is 224 g/mol. The van der Waals surface area contributed by atoms with Gasteiger partial charge in [0, 0.05) is 18.4 Å². The predicted octanol–water partition coefficient (Wildman–Crippen LogP) is 2.95. The fourth-order valence-corrected chi connectivity index (χ4v) is 1.53. The van der Waals surface area contributed by atoms with Gasteiger partial charge >= 0.3 is 0 Å². The summed E-state index contributed by atoms with van der Waals surface area (Å²) in [4.78, 5) is 4.27. The van der Waals surface area contributed by atoms with E-state index in [0.717, 1.165) is 43.9 Å². The summed E-state index contributed by atoms with van der Waals surface area (Å²) in [5.41, 5.74) is 0.198. The first-order valence-electron chi connectivity index (χ1n) is 6.20. The minimum absolute atomic E-state index is 0.198. The highest BCUT2D eigenvalue weighted by Gasteiger charge is 2.08. The van der Waals surface area contributed by atoms with Crippen molar-refractivity contribution in [3.8, 4) is 0 Å². The molecule has 1 rings (SSSR count). The molecule has 0 saturated carbocycles. The van der Waals surface area contributed by atoms with Crippen molar-refractivity contribution in [2.75, 3.05) is 6.54 Å². The highest BCUT2D eigenvalue weighted by Crippen LogP contribution is 2.08. The van der Waals surface area contributed by atoms with Crippen LogP contribution in [0.2, 0.25) is 0 Å². The van der Waals surface area contributed by atoms with Crippen LogP contribution in [-0.2, 0) is 12.8 Å². The van der Waals surface area contributed by atoms with Crippen LogP contribution >= 0.6 is 0 Å². The second kappa shape index (κ2) is 6.04. The molecule has 0 atom stereocenters. The van der Waals surface area contributed by atoms with Gasteiger partial charge < -0.3 is 9.73 Å². The summed E-state index contributed by atoms with van der Waals surface area (Å²) >= 11 is 0. The lowest BCUT2D eigenvalue weighted by Crippen LogP contribution is -2.36. The third-order valence-corrected chi connectivity index (χ3v) is 2.32. The third kappa shape index (κ3) is 5.31. The zero-order chi connectivity index (χ0) is 12.0. The van der Waals surface area contributed by atoms with Crippen LogP contribution in [0.3, 0.4) is 0 Å². The number of nitrogens with zero attached hydrogens (tertiary/aromatic N) is 1. The van der Waals surface area contributed by atoms with Gasteiger partial charge in [0.2, 0.25) is 0 Å². The molecule has 3 nitrogen and oxygen atoms in total. The molecule has 0 unspecified atom stereocenters. The van der Waals surface area contributed by atoms with E-state index in [9.17, 15) is 0 Å². The quantitative estimate of drug-likeness (QED) is 0.755. The number of hydrogen-bond acceptors (Lipinski definition) is 3. The molecule has 0 bridgehead atoms. The molecular weight excluding hydrogens is 200 g/mol. The molecule has 0 aliphatic heterocycles. The number of rotatable bonds is 6. The SMILES string of the molecule is CCCc1cnc(CCCNC(C)(C)C)o1. The number of aryl methyl sites for hydroxylation is 2. The van der Waals surface area contributed by atoms with Crippen LogP contribution in [0.4, 0.5) is 0 Å². The highest BCUT2D eigenvalue weighted by molar-refractivity contribution is 4.94. The van der Waals surface area contributed by atoms with Crippen molar-refractivity contribution in [1.82, 2.24) is 10.3 Å². The normalized spacial score (nSPS) is 12.0. The second-order valence-corrected chi connectivity index (χ2v) is 5.25. The Bertz CT molecular complexity index is 299. The molecule has 3 heteroatoms. The molecule has 0 saturated heterocycles. The molecule has 0 spiro atoms. The van der Waals surface area contributed by atoms with Crippen molar-refractivity contribution >= 4 is 0 Å². The predicted molar refractivity (Wildman–Crippen MR) is 66.6 cm³/mol. The van der Waals surface area contributed by atoms with Gasteiger partial charge in [-0.3, -0.25) is 0 Å². The standard InChI is InChI=1S/C13H24N2O/c1-5-7-11-10-14-12(16-11)8-6-9-15-13(2,3)4/h10,15H,5-9H2,1-4H3. The molecule has 1 aromatic rings. The lowest BCUT2D eigenvalue weighted by atomic mass is 10.1. The molecular formula is C13H24N2O. The number of hydrogen-bond donors (Lipinski definition) is 1. The van der Waals surface area contributed by atoms with Crippen LogP contribution in [0.1, 0.15) is 52.2 Å². The van der Waals surface area contributed by atoms with Crippen LogP contribution in [0, 0.1) is 0 Å². The first-order chi connectivity index (χ1) is 7.51. The van der Waals surface area contributed by atoms with Gasteiger partial charge in [-0.2, -0.15) is 0 Å². The van der Waals surface area contributed by atoms with Crippen molar-refractivity contribution in [2.24, 2.45) is 0 Å². The maximum absolute atomic E-state index is 5.62. The minimum atomic E-state index is 0.198. The fourth-order valence-electron chi connectivity index (χ4n) is 1.53. The Morgan fingerprint density at radius 1 is 1.31 bits per heavy atom. The Kier molecular flexibility index (Phi) is 5.00. The topological polar surface area (TPSA) is 38.1 Å². The van der Waals surface area contributed by atoms with E-state index < -0.39 is 0 Å². The van der Waals surface area contributed by atoms with Gasteiger partial charge in [-0.05, 0) is 40.2 Å². The summed E-state index contributed by atoms with van der Waals surface area (Å²) in [7, 11) is 0. The van der Waals surface area contributed by atoms with Gasteiger partial charge in [0.1, 0.15) is 5.76 Å². The van der Waals surface area contributed by atoms with Crippen molar-refractivity contribution in [3.63, 3.8) is 0 Å². The number of oxazole rings is 1. The van der Waals surface area contributed by atoms with E-state index in [1.807, 2.05) is 6.20 Å². The Morgan fingerprint density at radius 2 is 2.06 bits per heavy atom. The number of nitrogens with one attached hydrogen (secondary N) is 1. The lowest BCUT2D eigenvalue weighted by molar-refractivity contribution is 0.405. The zero-order valence-electron chi connectivity index (χ0n) is 11.0. The van der Waals surface area contributed by atoms with Crippen LogP contribution in [-0.4, -0.2) is 17.1 Å². The lowest BCUT2D eigenvalue weighted by Gasteiger charge is -2.19. The molecule has 0 amide bonds. The Balaban J connectivity index is 2.21. The molecule has 0 aromatic carbocycles. The van der Waals surface area contributed by atoms with E-state index >= 15 is 0 Å². The molecule has 1 N–H and O–H groups in total. The molecule has 0 aliphatic rings. The first kappa shape index (κ1) is 13.2. The van der Waals surface area contributed by atoms with E-state index in [4.69, 9.17) is 4.42 Å². The van der Waals surface area contributed by atoms with E-state index in [2.05, 4.69) is 38.0 Å². The molecule has 16 heavy (non-hydrogen) atoms. The first-order valence-corrected chi connectivity index (χ1v) is 6.20. The van der Waals surface area contributed by atoms with Gasteiger partial charge in [-0.15, -0.1) is 0 Å². The van der Waals surface area contributed by atoms with Crippen molar-refractivity contribution in [3.05, 3.63) is 17.8 Å². The summed E-state index contributed by atoms with van der Waals surface area (Å²) in [6.07, 6.45) is 5.96. The maximum atomic E-state index is 5.62. The van der Waals surface area contributed by atoms with Crippen molar-refractivity contribution in [1.29, 1.82) is 0 Å². The largest absolute Gasteiger partial charge is 0.446 e. The molecule has 92 valence electrons. The summed E-state index contributed by atoms with van der Waals surface area (Å²) in [5.74, 6) is 1.89. The van der Waals surface area contributed by atoms with Crippen LogP contribution in [0.25, 0.3) is 0 Å². The van der Waals surface area contributed by atoms with Crippen molar-refractivity contribution < 1.29 is 4.42 Å². The van der Waals surface area contributed by atoms with Gasteiger partial charge in [-0.25, -0.2) is 4.98 Å². The van der Waals surface area contributed by atoms with Gasteiger partial charge in [0.25, 0.3) is 0 Å². The Labute approximate surface area is 98.6 Å². The van der Waals surface area contributed by atoms with Crippen LogP contribution < -0.4 is 5.32 Å². The average molecular weight is 224 g/mol. The zero-order valence-corrected chi connectivity index (χ0v) is 11.0. The van der Waals surface area contributed by atoms with E-state index in [0.29, 0.717) is 0 Å². The summed E-state index contributed by atoms with van der Waals surface area (Å²) in [5, 5.41) is 3.45. The average Bonchev–Trinajstić information content (AvgIpc) is 2.60. The van der Waals surface area contributed by atoms with Gasteiger partial charge in [0.05, 0.1) is 6.20 Å². The van der Waals surface area contributed by atoms with E-state index in [1.54, 1.807) is 0 Å². The summed E-state index contributed by atoms with van der Waals surface area (Å²) < 4.78 is 5.62. The highest BCUT2D eigenvalue weighted by atomic mass is 16.4. The Morgan fingerprint density at radius 3 is 2.69 bits per heavy atom. The molecule has 1 heterocycles. The fraction of sp³-hybridized carbons (Fsp3) is 0.769. The van der Waals surface area contributed by atoms with Gasteiger partial charge in [0.15, 0.2) is 5.89 Å². The Hall–Kier alpha value is -0.830. The summed E-state index contributed by atoms with van der Waals surface area (Å²) in [6, 6.07) is 0. The molecule has 0 fully saturated rings. The van der Waals surface area contributed by atoms with E-state index in [-0.39, 0.29) is 5.54 Å². The number of aromatic nitrogens is 1. The van der Waals surface area contributed by atoms with Crippen LogP contribution in [0.5, 0.6) is 0 Å². The van der Waals surface area contributed by atoms with Crippen LogP contribution in [0.15, 0.2) is 10.6 Å².